The van der Waals surface area contributed by atoms with Gasteiger partial charge in [0.2, 0.25) is 5.91 Å². The van der Waals surface area contributed by atoms with Gasteiger partial charge in [-0.1, -0.05) is 6.07 Å². The summed E-state index contributed by atoms with van der Waals surface area (Å²) >= 11 is 1.38. The first-order chi connectivity index (χ1) is 9.74. The Labute approximate surface area is 135 Å². The quantitative estimate of drug-likeness (QED) is 0.548. The highest BCUT2D eigenvalue weighted by Crippen LogP contribution is 2.07. The second-order valence-corrected chi connectivity index (χ2v) is 5.02. The van der Waals surface area contributed by atoms with Crippen LogP contribution in [0, 0.1) is 0 Å². The Morgan fingerprint density at radius 2 is 2.00 bits per heavy atom. The number of methoxy groups -OCH3 is 1. The minimum atomic E-state index is -0.131. The molecule has 0 saturated carbocycles. The fourth-order valence-electron chi connectivity index (χ4n) is 1.46. The SMILES string of the molecule is COCCNCCNC(=O)CCNC(=O)c1cccs1.Cl. The molecule has 1 aromatic rings. The Kier molecular flexibility index (Phi) is 11.9. The molecular weight excluding hydrogens is 314 g/mol. The fourth-order valence-corrected chi connectivity index (χ4v) is 2.10. The van der Waals surface area contributed by atoms with Gasteiger partial charge in [0.15, 0.2) is 0 Å². The number of carbonyl (C=O) groups is 2. The molecule has 2 amide bonds. The molecule has 0 aliphatic rings. The normalized spacial score (nSPS) is 9.76. The lowest BCUT2D eigenvalue weighted by molar-refractivity contribution is -0.120. The first-order valence-electron chi connectivity index (χ1n) is 6.52. The summed E-state index contributed by atoms with van der Waals surface area (Å²) in [7, 11) is 1.65. The van der Waals surface area contributed by atoms with E-state index in [1.807, 2.05) is 11.4 Å². The van der Waals surface area contributed by atoms with Crippen molar-refractivity contribution < 1.29 is 14.3 Å². The number of thiophene rings is 1. The molecule has 0 aliphatic carbocycles. The monoisotopic (exact) mass is 335 g/mol. The van der Waals surface area contributed by atoms with Gasteiger partial charge in [0, 0.05) is 39.7 Å². The zero-order chi connectivity index (χ0) is 14.6. The number of hydrogen-bond donors (Lipinski definition) is 3. The summed E-state index contributed by atoms with van der Waals surface area (Å²) in [5.74, 6) is -0.195. The van der Waals surface area contributed by atoms with Crippen LogP contribution in [0.25, 0.3) is 0 Å². The van der Waals surface area contributed by atoms with Crippen LogP contribution < -0.4 is 16.0 Å². The summed E-state index contributed by atoms with van der Waals surface area (Å²) in [5.41, 5.74) is 0. The van der Waals surface area contributed by atoms with Gasteiger partial charge in [-0.15, -0.1) is 23.7 Å². The van der Waals surface area contributed by atoms with Crippen molar-refractivity contribution in [2.24, 2.45) is 0 Å². The number of carbonyl (C=O) groups excluding carboxylic acids is 2. The van der Waals surface area contributed by atoms with Crippen LogP contribution in [0.3, 0.4) is 0 Å². The smallest absolute Gasteiger partial charge is 0.261 e. The number of halogens is 1. The van der Waals surface area contributed by atoms with E-state index in [1.54, 1.807) is 13.2 Å². The van der Waals surface area contributed by atoms with E-state index in [-0.39, 0.29) is 30.6 Å². The molecule has 0 fully saturated rings. The van der Waals surface area contributed by atoms with Gasteiger partial charge in [-0.2, -0.15) is 0 Å². The number of ether oxygens (including phenoxy) is 1. The Balaban J connectivity index is 0.00000400. The summed E-state index contributed by atoms with van der Waals surface area (Å²) in [4.78, 5) is 23.7. The van der Waals surface area contributed by atoms with Crippen molar-refractivity contribution in [2.75, 3.05) is 39.9 Å². The Morgan fingerprint density at radius 1 is 1.19 bits per heavy atom. The minimum absolute atomic E-state index is 0. The average molecular weight is 336 g/mol. The van der Waals surface area contributed by atoms with Crippen molar-refractivity contribution >= 4 is 35.6 Å². The third-order valence-corrected chi connectivity index (χ3v) is 3.36. The number of nitrogens with one attached hydrogen (secondary N) is 3. The van der Waals surface area contributed by atoms with Crippen molar-refractivity contribution in [1.29, 1.82) is 0 Å². The molecule has 1 heterocycles. The van der Waals surface area contributed by atoms with Gasteiger partial charge in [0.1, 0.15) is 0 Å². The molecule has 0 aromatic carbocycles. The van der Waals surface area contributed by atoms with E-state index in [1.165, 1.54) is 11.3 Å². The zero-order valence-electron chi connectivity index (χ0n) is 12.0. The van der Waals surface area contributed by atoms with E-state index in [0.717, 1.165) is 6.54 Å². The molecule has 0 spiro atoms. The molecule has 0 radical (unpaired) electrons. The molecule has 0 unspecified atom stereocenters. The van der Waals surface area contributed by atoms with E-state index < -0.39 is 0 Å². The van der Waals surface area contributed by atoms with E-state index in [9.17, 15) is 9.59 Å². The van der Waals surface area contributed by atoms with Crippen molar-refractivity contribution in [3.8, 4) is 0 Å². The van der Waals surface area contributed by atoms with E-state index in [0.29, 0.717) is 31.1 Å². The molecule has 3 N–H and O–H groups in total. The summed E-state index contributed by atoms with van der Waals surface area (Å²) in [6.45, 7) is 3.05. The minimum Gasteiger partial charge on any atom is -0.383 e. The van der Waals surface area contributed by atoms with Crippen LogP contribution in [0.1, 0.15) is 16.1 Å². The van der Waals surface area contributed by atoms with Gasteiger partial charge in [-0.05, 0) is 11.4 Å². The highest BCUT2D eigenvalue weighted by molar-refractivity contribution is 7.12. The fraction of sp³-hybridized carbons (Fsp3) is 0.538. The summed E-state index contributed by atoms with van der Waals surface area (Å²) in [5, 5.41) is 10.5. The molecule has 0 bridgehead atoms. The highest BCUT2D eigenvalue weighted by atomic mass is 35.5. The van der Waals surface area contributed by atoms with E-state index in [2.05, 4.69) is 16.0 Å². The molecular formula is C13H22ClN3O3S. The van der Waals surface area contributed by atoms with Crippen LogP contribution in [0.5, 0.6) is 0 Å². The lowest BCUT2D eigenvalue weighted by Crippen LogP contribution is -2.35. The molecule has 21 heavy (non-hydrogen) atoms. The standard InChI is InChI=1S/C13H21N3O3S.ClH/c1-19-9-8-14-6-7-15-12(17)4-5-16-13(18)11-3-2-10-20-11;/h2-3,10,14H,4-9H2,1H3,(H,15,17)(H,16,18);1H. The van der Waals surface area contributed by atoms with Crippen molar-refractivity contribution in [1.82, 2.24) is 16.0 Å². The van der Waals surface area contributed by atoms with Crippen molar-refractivity contribution in [3.63, 3.8) is 0 Å². The predicted octanol–water partition coefficient (Wildman–Crippen LogP) is 0.642. The van der Waals surface area contributed by atoms with Crippen LogP contribution in [-0.2, 0) is 9.53 Å². The Hall–Kier alpha value is -1.15. The number of hydrogen-bond acceptors (Lipinski definition) is 5. The van der Waals surface area contributed by atoms with Crippen LogP contribution >= 0.6 is 23.7 Å². The van der Waals surface area contributed by atoms with Gasteiger partial charge >= 0.3 is 0 Å². The predicted molar refractivity (Wildman–Crippen MR) is 86.3 cm³/mol. The second-order valence-electron chi connectivity index (χ2n) is 4.08. The maximum atomic E-state index is 11.6. The summed E-state index contributed by atoms with van der Waals surface area (Å²) in [6.07, 6.45) is 0.287. The highest BCUT2D eigenvalue weighted by Gasteiger charge is 2.06. The maximum absolute atomic E-state index is 11.6. The Bertz CT molecular complexity index is 401. The van der Waals surface area contributed by atoms with E-state index in [4.69, 9.17) is 4.74 Å². The van der Waals surface area contributed by atoms with Gasteiger partial charge in [0.05, 0.1) is 11.5 Å². The number of rotatable bonds is 10. The lowest BCUT2D eigenvalue weighted by atomic mass is 10.3. The van der Waals surface area contributed by atoms with Crippen molar-refractivity contribution in [3.05, 3.63) is 22.4 Å². The molecule has 0 atom stereocenters. The molecule has 0 saturated heterocycles. The molecule has 1 rings (SSSR count). The van der Waals surface area contributed by atoms with Crippen LogP contribution in [0.15, 0.2) is 17.5 Å². The second kappa shape index (κ2) is 12.6. The Morgan fingerprint density at radius 3 is 2.67 bits per heavy atom. The third-order valence-electron chi connectivity index (χ3n) is 2.49. The molecule has 8 heteroatoms. The van der Waals surface area contributed by atoms with Crippen LogP contribution in [0.4, 0.5) is 0 Å². The topological polar surface area (TPSA) is 79.5 Å². The van der Waals surface area contributed by atoms with Crippen LogP contribution in [0.2, 0.25) is 0 Å². The van der Waals surface area contributed by atoms with Crippen LogP contribution in [-0.4, -0.2) is 51.7 Å². The largest absolute Gasteiger partial charge is 0.383 e. The summed E-state index contributed by atoms with van der Waals surface area (Å²) in [6, 6.07) is 3.58. The van der Waals surface area contributed by atoms with Gasteiger partial charge in [-0.25, -0.2) is 0 Å². The molecule has 0 aliphatic heterocycles. The first kappa shape index (κ1) is 19.9. The number of amides is 2. The summed E-state index contributed by atoms with van der Waals surface area (Å²) < 4.78 is 4.89. The first-order valence-corrected chi connectivity index (χ1v) is 7.40. The van der Waals surface area contributed by atoms with Gasteiger partial charge < -0.3 is 20.7 Å². The molecule has 1 aromatic heterocycles. The van der Waals surface area contributed by atoms with E-state index >= 15 is 0 Å². The van der Waals surface area contributed by atoms with Crippen molar-refractivity contribution in [2.45, 2.75) is 6.42 Å². The average Bonchev–Trinajstić information content (AvgIpc) is 2.96. The molecule has 6 nitrogen and oxygen atoms in total. The van der Waals surface area contributed by atoms with Gasteiger partial charge in [-0.3, -0.25) is 9.59 Å². The van der Waals surface area contributed by atoms with Gasteiger partial charge in [0.25, 0.3) is 5.91 Å². The third kappa shape index (κ3) is 9.41. The zero-order valence-corrected chi connectivity index (χ0v) is 13.6. The molecule has 120 valence electrons. The maximum Gasteiger partial charge on any atom is 0.261 e. The lowest BCUT2D eigenvalue weighted by Gasteiger charge is -2.07.